The fraction of sp³-hybridized carbons (Fsp3) is 0.405. The second-order valence-electron chi connectivity index (χ2n) is 43.9. The molecule has 10 heterocycles. The fourth-order valence-corrected chi connectivity index (χ4v) is 25.5. The molecule has 24 rings (SSSR count). The number of aromatic nitrogens is 5. The smallest absolute Gasteiger partial charge is 0.224 e. The lowest BCUT2D eigenvalue weighted by molar-refractivity contribution is -0.659. The quantitative estimate of drug-likeness (QED) is 0.161. The SMILES string of the molecule is Cc1ccc2c(c1-c1c3ccccc3cc[n+]1C)OC(C)(C)CC21CCCCC1.Cc1ccc2c(c1-c1c3ccccc3cc[n+]1C)OC1(CCCCC1)CC2.Cc1ccc2c(c1-c1c3ccccc3cc[n+]1C)OC1(CCCCC1)CC2(C)C.Cc1ccc2c(c1-c1cc3ccccc3c[n+]1C)OC(C)(C)CC2.[2H]C1([2H])CC2(CCCCC2)Oc2c1ccc(C)c2-c1c2ccccc2cc[n+]1C. The Morgan fingerprint density at radius 2 is 0.610 bits per heavy atom. The Kier molecular flexibility index (Phi) is 24.3. The molecule has 5 aromatic heterocycles. The number of nitrogens with zero attached hydrogens (tertiary/aromatic N) is 5. The van der Waals surface area contributed by atoms with Gasteiger partial charge in [-0.2, -0.15) is 0 Å². The number of aryl methyl sites for hydroxylation is 13. The van der Waals surface area contributed by atoms with Crippen LogP contribution in [0, 0.1) is 34.6 Å². The zero-order valence-corrected chi connectivity index (χ0v) is 84.0. The zero-order chi connectivity index (χ0) is 96.0. The van der Waals surface area contributed by atoms with Gasteiger partial charge in [-0.3, -0.25) is 0 Å². The molecule has 10 aromatic carbocycles. The molecule has 15 aromatic rings. The number of hydrogen-bond acceptors (Lipinski definition) is 5. The van der Waals surface area contributed by atoms with E-state index in [2.05, 4.69) is 371 Å². The van der Waals surface area contributed by atoms with Crippen molar-refractivity contribution in [3.8, 4) is 85.0 Å². The van der Waals surface area contributed by atoms with Gasteiger partial charge in [-0.1, -0.05) is 204 Å². The van der Waals surface area contributed by atoms with Crippen molar-refractivity contribution in [2.45, 2.75) is 295 Å². The van der Waals surface area contributed by atoms with E-state index in [0.29, 0.717) is 12.0 Å². The molecular formula is C126H144N5O5+5. The van der Waals surface area contributed by atoms with Crippen molar-refractivity contribution >= 4 is 53.9 Å². The van der Waals surface area contributed by atoms with Crippen LogP contribution in [0.3, 0.4) is 0 Å². The number of fused-ring (bicyclic) bond motifs is 11. The number of benzene rings is 10. The maximum atomic E-state index is 8.90. The minimum absolute atomic E-state index is 0.000445. The number of rotatable bonds is 5. The summed E-state index contributed by atoms with van der Waals surface area (Å²) >= 11 is 0. The predicted octanol–water partition coefficient (Wildman–Crippen LogP) is 28.9. The molecule has 698 valence electrons. The van der Waals surface area contributed by atoms with Crippen LogP contribution < -0.4 is 46.5 Å². The first-order valence-corrected chi connectivity index (χ1v) is 51.3. The van der Waals surface area contributed by atoms with Crippen molar-refractivity contribution in [2.24, 2.45) is 35.2 Å². The van der Waals surface area contributed by atoms with E-state index in [1.807, 2.05) is 6.07 Å². The summed E-state index contributed by atoms with van der Waals surface area (Å²) in [5.74, 6) is 5.24. The van der Waals surface area contributed by atoms with E-state index in [9.17, 15) is 0 Å². The molecule has 0 radical (unpaired) electrons. The first kappa shape index (κ1) is 89.5. The highest BCUT2D eigenvalue weighted by Crippen LogP contribution is 2.59. The molecule has 9 aliphatic rings. The molecule has 5 aliphatic heterocycles. The molecule has 0 bridgehead atoms. The first-order valence-electron chi connectivity index (χ1n) is 52.3. The summed E-state index contributed by atoms with van der Waals surface area (Å²) in [7, 11) is 10.7. The molecule has 136 heavy (non-hydrogen) atoms. The lowest BCUT2D eigenvalue weighted by Crippen LogP contribution is -2.47. The van der Waals surface area contributed by atoms with Crippen molar-refractivity contribution in [1.29, 1.82) is 0 Å². The molecule has 4 spiro atoms. The van der Waals surface area contributed by atoms with Gasteiger partial charge in [0.2, 0.25) is 28.5 Å². The summed E-state index contributed by atoms with van der Waals surface area (Å²) in [4.78, 5) is 0. The van der Waals surface area contributed by atoms with Crippen molar-refractivity contribution in [2.75, 3.05) is 0 Å². The normalized spacial score (nSPS) is 19.1. The lowest BCUT2D eigenvalue weighted by Gasteiger charge is -2.48. The van der Waals surface area contributed by atoms with Crippen molar-refractivity contribution in [3.63, 3.8) is 0 Å². The van der Waals surface area contributed by atoms with Crippen molar-refractivity contribution < 1.29 is 49.3 Å². The summed E-state index contributed by atoms with van der Waals surface area (Å²) < 4.78 is 63.0. The summed E-state index contributed by atoms with van der Waals surface area (Å²) in [5.41, 5.74) is 24.5. The van der Waals surface area contributed by atoms with Gasteiger partial charge in [-0.15, -0.1) is 0 Å². The standard InChI is InChI=1S/2C27H32NO.2C25H28NO.C22H24NO/c1-19-12-13-22-25(29-26(2,3)18-27(22)15-8-5-9-16-27)23(19)24-21-11-7-6-10-20(21)14-17-28(24)4;1-19-12-13-22-25(29-27(18-26(22,2)3)15-8-5-9-16-27)23(19)24-21-11-7-6-10-20(21)14-17-28(24)4;2*1-18-10-11-20-12-16-25(14-6-3-7-15-25)27-24(20)22(18)23-21-9-5-4-8-19(21)13-17-26(23)2;1-15-9-10-16-11-12-22(2,3)24-21(16)20(15)19-13-17-7-5-6-8-18(17)14-23(19)4/h2*6-7,10-14,17H,5,8-9,15-16,18H2,1-4H3;2*4-5,8-11,13,17H,3,6-7,12,14-16H2,1-2H3;5-10,13-14H,11-12H2,1-4H3/q5*+1/i;;12D2;;. The van der Waals surface area contributed by atoms with Gasteiger partial charge >= 0.3 is 0 Å². The molecule has 10 heteroatoms. The average molecular weight is 1810 g/mol. The van der Waals surface area contributed by atoms with Gasteiger partial charge in [0, 0.05) is 55.0 Å². The van der Waals surface area contributed by atoms with E-state index in [0.717, 1.165) is 103 Å². The number of ether oxygens (including phenoxy) is 5. The molecule has 0 amide bonds. The van der Waals surface area contributed by atoms with Gasteiger partial charge in [0.05, 0.1) is 49.4 Å². The summed E-state index contributed by atoms with van der Waals surface area (Å²) in [6, 6.07) is 76.4. The summed E-state index contributed by atoms with van der Waals surface area (Å²) in [6.07, 6.45) is 41.2. The largest absolute Gasteiger partial charge is 0.487 e. The minimum atomic E-state index is -1.38. The van der Waals surface area contributed by atoms with Gasteiger partial charge in [0.25, 0.3) is 0 Å². The van der Waals surface area contributed by atoms with Crippen LogP contribution in [-0.4, -0.2) is 28.0 Å². The Morgan fingerprint density at radius 3 is 1.07 bits per heavy atom. The first-order chi connectivity index (χ1) is 66.3. The van der Waals surface area contributed by atoms with E-state index in [1.165, 1.54) is 253 Å². The maximum absolute atomic E-state index is 8.90. The topological polar surface area (TPSA) is 65.5 Å². The van der Waals surface area contributed by atoms with E-state index in [-0.39, 0.29) is 38.8 Å². The average Bonchev–Trinajstić information content (AvgIpc) is 0.739. The third-order valence-corrected chi connectivity index (χ3v) is 32.5. The van der Waals surface area contributed by atoms with E-state index < -0.39 is 6.37 Å². The summed E-state index contributed by atoms with van der Waals surface area (Å²) in [5, 5.41) is 12.6. The third-order valence-electron chi connectivity index (χ3n) is 32.5. The van der Waals surface area contributed by atoms with Crippen LogP contribution in [-0.2, 0) is 65.3 Å². The van der Waals surface area contributed by atoms with Crippen LogP contribution in [0.5, 0.6) is 28.7 Å². The Morgan fingerprint density at radius 1 is 0.272 bits per heavy atom. The zero-order valence-electron chi connectivity index (χ0n) is 86.0. The van der Waals surface area contributed by atoms with Crippen LogP contribution in [0.25, 0.3) is 110 Å². The predicted molar refractivity (Wildman–Crippen MR) is 557 cm³/mol. The van der Waals surface area contributed by atoms with Gasteiger partial charge in [-0.05, 0) is 311 Å². The molecule has 0 unspecified atom stereocenters. The lowest BCUT2D eigenvalue weighted by atomic mass is 9.62. The third kappa shape index (κ3) is 17.6. The highest BCUT2D eigenvalue weighted by molar-refractivity contribution is 5.99. The number of pyridine rings is 5. The summed E-state index contributed by atoms with van der Waals surface area (Å²) in [6.45, 7) is 24.7. The molecule has 0 atom stereocenters. The molecular weight excluding hydrogens is 1660 g/mol. The Balaban J connectivity index is 0.000000106. The molecule has 4 aliphatic carbocycles. The molecule has 10 nitrogen and oxygen atoms in total. The van der Waals surface area contributed by atoms with E-state index >= 15 is 0 Å². The van der Waals surface area contributed by atoms with Gasteiger partial charge in [0.15, 0.2) is 31.0 Å². The van der Waals surface area contributed by atoms with Crippen LogP contribution in [0.1, 0.15) is 260 Å². The van der Waals surface area contributed by atoms with E-state index in [1.54, 1.807) is 0 Å². The Labute approximate surface area is 811 Å². The Bertz CT molecular complexity index is 7040. The van der Waals surface area contributed by atoms with E-state index in [4.69, 9.17) is 26.4 Å². The molecule has 0 N–H and O–H groups in total. The monoisotopic (exact) mass is 1810 g/mol. The van der Waals surface area contributed by atoms with Crippen molar-refractivity contribution in [3.05, 3.63) is 299 Å². The highest BCUT2D eigenvalue weighted by atomic mass is 16.5. The minimum Gasteiger partial charge on any atom is -0.487 e. The van der Waals surface area contributed by atoms with Crippen molar-refractivity contribution in [1.82, 2.24) is 0 Å². The van der Waals surface area contributed by atoms with Gasteiger partial charge in [-0.25, -0.2) is 22.8 Å². The number of hydrogen-bond donors (Lipinski definition) is 0. The van der Waals surface area contributed by atoms with Gasteiger partial charge < -0.3 is 23.7 Å². The Hall–Kier alpha value is -11.8. The maximum Gasteiger partial charge on any atom is 0.224 e. The van der Waals surface area contributed by atoms with Crippen LogP contribution >= 0.6 is 0 Å². The van der Waals surface area contributed by atoms with Crippen LogP contribution in [0.15, 0.2) is 243 Å². The molecule has 4 fully saturated rings. The van der Waals surface area contributed by atoms with Crippen LogP contribution in [0.2, 0.25) is 0 Å². The van der Waals surface area contributed by atoms with Crippen LogP contribution in [0.4, 0.5) is 0 Å². The molecule has 0 saturated heterocycles. The fourth-order valence-electron chi connectivity index (χ4n) is 25.5. The molecule has 4 saturated carbocycles. The second kappa shape index (κ2) is 37.0. The second-order valence-corrected chi connectivity index (χ2v) is 43.9. The highest BCUT2D eigenvalue weighted by Gasteiger charge is 2.51. The van der Waals surface area contributed by atoms with Gasteiger partial charge in [0.1, 0.15) is 92.0 Å².